The van der Waals surface area contributed by atoms with Gasteiger partial charge in [-0.2, -0.15) is 0 Å². The molecular formula is C16H20N2O3. The van der Waals surface area contributed by atoms with E-state index in [9.17, 15) is 9.59 Å². The van der Waals surface area contributed by atoms with Crippen LogP contribution in [0.5, 0.6) is 0 Å². The summed E-state index contributed by atoms with van der Waals surface area (Å²) in [6, 6.07) is 9.83. The number of piperazine rings is 1. The molecule has 1 atom stereocenters. The number of hydrogen-bond acceptors (Lipinski definition) is 3. The van der Waals surface area contributed by atoms with Gasteiger partial charge in [-0.1, -0.05) is 30.3 Å². The molecule has 1 unspecified atom stereocenters. The fourth-order valence-corrected chi connectivity index (χ4v) is 3.04. The maximum atomic E-state index is 12.1. The zero-order valence-corrected chi connectivity index (χ0v) is 12.0. The van der Waals surface area contributed by atoms with Crippen LogP contribution >= 0.6 is 0 Å². The zero-order valence-electron chi connectivity index (χ0n) is 12.0. The van der Waals surface area contributed by atoms with Crippen LogP contribution in [0.15, 0.2) is 30.3 Å². The summed E-state index contributed by atoms with van der Waals surface area (Å²) in [5.74, 6) is 0.226. The fourth-order valence-electron chi connectivity index (χ4n) is 3.04. The Morgan fingerprint density at radius 1 is 1.24 bits per heavy atom. The molecular weight excluding hydrogens is 268 g/mol. The Labute approximate surface area is 124 Å². The first-order valence-corrected chi connectivity index (χ1v) is 7.49. The van der Waals surface area contributed by atoms with Gasteiger partial charge in [-0.25, -0.2) is 4.79 Å². The molecule has 0 aromatic heterocycles. The van der Waals surface area contributed by atoms with Crippen molar-refractivity contribution < 1.29 is 14.3 Å². The van der Waals surface area contributed by atoms with Crippen LogP contribution in [0, 0.1) is 0 Å². The highest BCUT2D eigenvalue weighted by Crippen LogP contribution is 2.22. The number of benzene rings is 1. The van der Waals surface area contributed by atoms with Gasteiger partial charge in [0.2, 0.25) is 5.91 Å². The third-order valence-electron chi connectivity index (χ3n) is 4.19. The summed E-state index contributed by atoms with van der Waals surface area (Å²) in [5.41, 5.74) is 0.984. The van der Waals surface area contributed by atoms with E-state index in [0.717, 1.165) is 18.4 Å². The minimum Gasteiger partial charge on any atom is -0.445 e. The Morgan fingerprint density at radius 2 is 2.05 bits per heavy atom. The highest BCUT2D eigenvalue weighted by molar-refractivity contribution is 5.78. The second-order valence-corrected chi connectivity index (χ2v) is 5.62. The second-order valence-electron chi connectivity index (χ2n) is 5.62. The van der Waals surface area contributed by atoms with E-state index in [2.05, 4.69) is 0 Å². The van der Waals surface area contributed by atoms with Crippen molar-refractivity contribution in [1.82, 2.24) is 9.80 Å². The van der Waals surface area contributed by atoms with Gasteiger partial charge < -0.3 is 14.5 Å². The van der Waals surface area contributed by atoms with Gasteiger partial charge in [0.15, 0.2) is 0 Å². The van der Waals surface area contributed by atoms with E-state index in [-0.39, 0.29) is 18.0 Å². The van der Waals surface area contributed by atoms with Gasteiger partial charge in [0, 0.05) is 32.1 Å². The second kappa shape index (κ2) is 6.16. The summed E-state index contributed by atoms with van der Waals surface area (Å²) in [6.07, 6.45) is 2.27. The van der Waals surface area contributed by atoms with Gasteiger partial charge in [-0.3, -0.25) is 4.79 Å². The van der Waals surface area contributed by atoms with Crippen LogP contribution in [-0.4, -0.2) is 47.5 Å². The predicted molar refractivity (Wildman–Crippen MR) is 77.6 cm³/mol. The molecule has 1 aromatic carbocycles. The van der Waals surface area contributed by atoms with Crippen molar-refractivity contribution in [3.05, 3.63) is 35.9 Å². The minimum absolute atomic E-state index is 0.171. The Kier molecular flexibility index (Phi) is 4.08. The molecule has 0 spiro atoms. The molecule has 112 valence electrons. The van der Waals surface area contributed by atoms with Crippen LogP contribution in [-0.2, 0) is 16.1 Å². The lowest BCUT2D eigenvalue weighted by atomic mass is 9.99. The number of rotatable bonds is 2. The van der Waals surface area contributed by atoms with Crippen LogP contribution in [0.3, 0.4) is 0 Å². The highest BCUT2D eigenvalue weighted by atomic mass is 16.6. The lowest BCUT2D eigenvalue weighted by Gasteiger charge is -2.43. The van der Waals surface area contributed by atoms with Gasteiger partial charge in [0.1, 0.15) is 6.61 Å². The van der Waals surface area contributed by atoms with Crippen LogP contribution in [0.1, 0.15) is 24.8 Å². The average Bonchev–Trinajstić information content (AvgIpc) is 2.53. The van der Waals surface area contributed by atoms with Crippen LogP contribution in [0.4, 0.5) is 4.79 Å². The number of nitrogens with zero attached hydrogens (tertiary/aromatic N) is 2. The Morgan fingerprint density at radius 3 is 2.86 bits per heavy atom. The molecule has 2 amide bonds. The summed E-state index contributed by atoms with van der Waals surface area (Å²) in [4.78, 5) is 27.6. The lowest BCUT2D eigenvalue weighted by molar-refractivity contribution is -0.139. The summed E-state index contributed by atoms with van der Waals surface area (Å²) in [5, 5.41) is 0. The minimum atomic E-state index is -0.281. The largest absolute Gasteiger partial charge is 0.445 e. The monoisotopic (exact) mass is 288 g/mol. The lowest BCUT2D eigenvalue weighted by Crippen LogP contribution is -2.58. The first-order valence-electron chi connectivity index (χ1n) is 7.49. The van der Waals surface area contributed by atoms with E-state index < -0.39 is 0 Å². The number of hydrogen-bond donors (Lipinski definition) is 0. The van der Waals surface area contributed by atoms with Crippen LogP contribution < -0.4 is 0 Å². The SMILES string of the molecule is O=C(OCc1ccccc1)N1CCN2C(=O)CCCC2C1. The number of fused-ring (bicyclic) bond motifs is 1. The molecule has 2 saturated heterocycles. The number of amides is 2. The molecule has 0 bridgehead atoms. The quantitative estimate of drug-likeness (QED) is 0.836. The number of piperidine rings is 1. The first-order chi connectivity index (χ1) is 10.2. The molecule has 2 aliphatic heterocycles. The van der Waals surface area contributed by atoms with Crippen molar-refractivity contribution in [2.24, 2.45) is 0 Å². The maximum absolute atomic E-state index is 12.1. The van der Waals surface area contributed by atoms with Gasteiger partial charge >= 0.3 is 6.09 Å². The van der Waals surface area contributed by atoms with Gasteiger partial charge in [-0.05, 0) is 18.4 Å². The van der Waals surface area contributed by atoms with E-state index in [1.807, 2.05) is 35.2 Å². The Hall–Kier alpha value is -2.04. The third-order valence-corrected chi connectivity index (χ3v) is 4.19. The van der Waals surface area contributed by atoms with E-state index in [1.165, 1.54) is 0 Å². The van der Waals surface area contributed by atoms with E-state index in [1.54, 1.807) is 4.90 Å². The van der Waals surface area contributed by atoms with Crippen molar-refractivity contribution in [2.75, 3.05) is 19.6 Å². The number of ether oxygens (including phenoxy) is 1. The smallest absolute Gasteiger partial charge is 0.410 e. The van der Waals surface area contributed by atoms with Crippen molar-refractivity contribution in [2.45, 2.75) is 31.9 Å². The maximum Gasteiger partial charge on any atom is 0.410 e. The molecule has 2 heterocycles. The summed E-state index contributed by atoms with van der Waals surface area (Å²) < 4.78 is 5.36. The molecule has 0 aliphatic carbocycles. The molecule has 0 N–H and O–H groups in total. The molecule has 5 heteroatoms. The standard InChI is InChI=1S/C16H20N2O3/c19-15-8-4-7-14-11-17(9-10-18(14)15)16(20)21-12-13-5-2-1-3-6-13/h1-3,5-6,14H,4,7-12H2. The molecule has 2 aliphatic rings. The van der Waals surface area contributed by atoms with E-state index in [0.29, 0.717) is 32.7 Å². The molecule has 21 heavy (non-hydrogen) atoms. The molecule has 2 fully saturated rings. The summed E-state index contributed by atoms with van der Waals surface area (Å²) in [6.45, 7) is 2.09. The summed E-state index contributed by atoms with van der Waals surface area (Å²) in [7, 11) is 0. The summed E-state index contributed by atoms with van der Waals surface area (Å²) >= 11 is 0. The third kappa shape index (κ3) is 3.17. The van der Waals surface area contributed by atoms with Gasteiger partial charge in [0.05, 0.1) is 0 Å². The number of carbonyl (C=O) groups is 2. The van der Waals surface area contributed by atoms with Crippen LogP contribution in [0.2, 0.25) is 0 Å². The Bertz CT molecular complexity index is 518. The Balaban J connectivity index is 1.53. The van der Waals surface area contributed by atoms with Crippen molar-refractivity contribution >= 4 is 12.0 Å². The van der Waals surface area contributed by atoms with Gasteiger partial charge in [-0.15, -0.1) is 0 Å². The highest BCUT2D eigenvalue weighted by Gasteiger charge is 2.35. The topological polar surface area (TPSA) is 49.9 Å². The van der Waals surface area contributed by atoms with E-state index in [4.69, 9.17) is 4.74 Å². The first kappa shape index (κ1) is 13.9. The van der Waals surface area contributed by atoms with E-state index >= 15 is 0 Å². The van der Waals surface area contributed by atoms with Crippen molar-refractivity contribution in [1.29, 1.82) is 0 Å². The predicted octanol–water partition coefficient (Wildman–Crippen LogP) is 2.02. The molecule has 1 aromatic rings. The van der Waals surface area contributed by atoms with Crippen LogP contribution in [0.25, 0.3) is 0 Å². The molecule has 0 saturated carbocycles. The number of carbonyl (C=O) groups excluding carboxylic acids is 2. The molecule has 3 rings (SSSR count). The van der Waals surface area contributed by atoms with Gasteiger partial charge in [0.25, 0.3) is 0 Å². The van der Waals surface area contributed by atoms with Crippen molar-refractivity contribution in [3.8, 4) is 0 Å². The molecule has 5 nitrogen and oxygen atoms in total. The molecule has 0 radical (unpaired) electrons. The average molecular weight is 288 g/mol. The van der Waals surface area contributed by atoms with Crippen molar-refractivity contribution in [3.63, 3.8) is 0 Å². The zero-order chi connectivity index (χ0) is 14.7. The normalized spacial score (nSPS) is 21.9. The fraction of sp³-hybridized carbons (Fsp3) is 0.500.